The number of aryl methyl sites for hydroxylation is 1. The van der Waals surface area contributed by atoms with Crippen molar-refractivity contribution in [1.82, 2.24) is 4.90 Å². The van der Waals surface area contributed by atoms with Gasteiger partial charge in [0, 0.05) is 12.1 Å². The molecule has 1 heterocycles. The van der Waals surface area contributed by atoms with Crippen LogP contribution in [0, 0.1) is 6.92 Å². The Morgan fingerprint density at radius 2 is 1.79 bits per heavy atom. The number of ketones is 1. The second-order valence-corrected chi connectivity index (χ2v) is 6.98. The van der Waals surface area contributed by atoms with Crippen LogP contribution in [0.5, 0.6) is 11.5 Å². The molecule has 3 rings (SSSR count). The van der Waals surface area contributed by atoms with Gasteiger partial charge in [-0.15, -0.1) is 0 Å². The first-order chi connectivity index (χ1) is 13.9. The van der Waals surface area contributed by atoms with E-state index in [-0.39, 0.29) is 11.3 Å². The van der Waals surface area contributed by atoms with Crippen molar-refractivity contribution < 1.29 is 24.2 Å². The van der Waals surface area contributed by atoms with Gasteiger partial charge >= 0.3 is 0 Å². The van der Waals surface area contributed by atoms with E-state index in [2.05, 4.69) is 0 Å². The van der Waals surface area contributed by atoms with Gasteiger partial charge in [-0.3, -0.25) is 9.59 Å². The van der Waals surface area contributed by atoms with Gasteiger partial charge in [0.1, 0.15) is 5.76 Å². The van der Waals surface area contributed by atoms with Crippen molar-refractivity contribution in [2.75, 3.05) is 20.8 Å². The van der Waals surface area contributed by atoms with Crippen molar-refractivity contribution >= 4 is 17.4 Å². The van der Waals surface area contributed by atoms with E-state index < -0.39 is 17.7 Å². The minimum atomic E-state index is -0.683. The Kier molecular flexibility index (Phi) is 5.92. The van der Waals surface area contributed by atoms with Gasteiger partial charge < -0.3 is 19.5 Å². The number of rotatable bonds is 6. The molecule has 1 unspecified atom stereocenters. The predicted octanol–water partition coefficient (Wildman–Crippen LogP) is 3.84. The summed E-state index contributed by atoms with van der Waals surface area (Å²) in [6, 6.07) is 11.9. The van der Waals surface area contributed by atoms with Gasteiger partial charge in [0.2, 0.25) is 0 Å². The lowest BCUT2D eigenvalue weighted by atomic mass is 9.94. The minimum Gasteiger partial charge on any atom is -0.507 e. The van der Waals surface area contributed by atoms with Crippen LogP contribution in [-0.4, -0.2) is 42.5 Å². The van der Waals surface area contributed by atoms with Gasteiger partial charge in [0.15, 0.2) is 11.5 Å². The number of Topliss-reactive ketones (excluding diaryl/α,β-unsaturated/α-hetero) is 1. The molecule has 0 saturated carbocycles. The molecular formula is C23H25NO5. The highest BCUT2D eigenvalue weighted by molar-refractivity contribution is 6.46. The Labute approximate surface area is 170 Å². The Bertz CT molecular complexity index is 979. The number of aliphatic hydroxyl groups excluding tert-OH is 1. The number of amides is 1. The molecule has 2 aromatic carbocycles. The molecule has 1 atom stereocenters. The van der Waals surface area contributed by atoms with E-state index >= 15 is 0 Å². The summed E-state index contributed by atoms with van der Waals surface area (Å²) in [4.78, 5) is 27.1. The third kappa shape index (κ3) is 3.70. The summed E-state index contributed by atoms with van der Waals surface area (Å²) in [6.07, 6.45) is 0.700. The normalized spacial score (nSPS) is 18.2. The molecule has 1 fully saturated rings. The maximum Gasteiger partial charge on any atom is 0.295 e. The number of methoxy groups -OCH3 is 2. The fourth-order valence-corrected chi connectivity index (χ4v) is 3.68. The summed E-state index contributed by atoms with van der Waals surface area (Å²) in [5.74, 6) is -0.579. The van der Waals surface area contributed by atoms with E-state index in [0.717, 1.165) is 11.1 Å². The molecule has 6 nitrogen and oxygen atoms in total. The molecule has 1 aliphatic rings. The number of nitrogens with zero attached hydrogens (tertiary/aromatic N) is 1. The number of hydrogen-bond acceptors (Lipinski definition) is 5. The van der Waals surface area contributed by atoms with Gasteiger partial charge in [-0.2, -0.15) is 0 Å². The Balaban J connectivity index is 2.20. The molecule has 1 saturated heterocycles. The first-order valence-corrected chi connectivity index (χ1v) is 9.50. The van der Waals surface area contributed by atoms with E-state index in [4.69, 9.17) is 9.47 Å². The number of aliphatic hydroxyl groups is 1. The molecule has 29 heavy (non-hydrogen) atoms. The molecule has 1 N–H and O–H groups in total. The molecule has 1 amide bonds. The second kappa shape index (κ2) is 8.39. The highest BCUT2D eigenvalue weighted by Gasteiger charge is 2.45. The monoisotopic (exact) mass is 395 g/mol. The van der Waals surface area contributed by atoms with Gasteiger partial charge in [-0.25, -0.2) is 0 Å². The van der Waals surface area contributed by atoms with Crippen molar-refractivity contribution in [1.29, 1.82) is 0 Å². The van der Waals surface area contributed by atoms with Crippen molar-refractivity contribution in [2.45, 2.75) is 26.3 Å². The number of carbonyl (C=O) groups excluding carboxylic acids is 2. The maximum atomic E-state index is 12.9. The van der Waals surface area contributed by atoms with Crippen LogP contribution in [0.2, 0.25) is 0 Å². The molecule has 0 aromatic heterocycles. The SMILES string of the molecule is CCCN1C(=O)C(=O)/C(=C(\O)c2ccc(OC)c(OC)c2)C1c1cccc(C)c1. The molecule has 0 radical (unpaired) electrons. The lowest BCUT2D eigenvalue weighted by Crippen LogP contribution is -2.30. The van der Waals surface area contributed by atoms with Crippen LogP contribution in [0.15, 0.2) is 48.0 Å². The first-order valence-electron chi connectivity index (χ1n) is 9.50. The predicted molar refractivity (Wildman–Crippen MR) is 110 cm³/mol. The molecule has 0 aliphatic carbocycles. The van der Waals surface area contributed by atoms with Crippen molar-refractivity contribution in [3.05, 3.63) is 64.7 Å². The molecule has 0 bridgehead atoms. The lowest BCUT2D eigenvalue weighted by Gasteiger charge is -2.25. The van der Waals surface area contributed by atoms with Gasteiger partial charge in [0.05, 0.1) is 25.8 Å². The largest absolute Gasteiger partial charge is 0.507 e. The average molecular weight is 395 g/mol. The fraction of sp³-hybridized carbons (Fsp3) is 0.304. The first kappa shape index (κ1) is 20.5. The Morgan fingerprint density at radius 1 is 1.07 bits per heavy atom. The van der Waals surface area contributed by atoms with Crippen LogP contribution < -0.4 is 9.47 Å². The Morgan fingerprint density at radius 3 is 2.41 bits per heavy atom. The zero-order valence-electron chi connectivity index (χ0n) is 17.1. The van der Waals surface area contributed by atoms with E-state index in [0.29, 0.717) is 30.0 Å². The highest BCUT2D eigenvalue weighted by Crippen LogP contribution is 2.40. The van der Waals surface area contributed by atoms with Crippen molar-refractivity contribution in [3.8, 4) is 11.5 Å². The van der Waals surface area contributed by atoms with Crippen LogP contribution in [0.25, 0.3) is 5.76 Å². The van der Waals surface area contributed by atoms with E-state index in [1.54, 1.807) is 18.2 Å². The molecule has 152 valence electrons. The standard InChI is InChI=1S/C23H25NO5/c1-5-11-24-20(15-8-6-7-14(2)12-15)19(22(26)23(24)27)21(25)16-9-10-17(28-3)18(13-16)29-4/h6-10,12-13,20,25H,5,11H2,1-4H3/b21-19-. The summed E-state index contributed by atoms with van der Waals surface area (Å²) in [6.45, 7) is 4.32. The topological polar surface area (TPSA) is 76.1 Å². The summed E-state index contributed by atoms with van der Waals surface area (Å²) < 4.78 is 10.5. The molecular weight excluding hydrogens is 370 g/mol. The maximum absolute atomic E-state index is 12.9. The lowest BCUT2D eigenvalue weighted by molar-refractivity contribution is -0.139. The molecule has 2 aromatic rings. The zero-order chi connectivity index (χ0) is 21.1. The third-order valence-corrected chi connectivity index (χ3v) is 5.02. The number of ether oxygens (including phenoxy) is 2. The number of hydrogen-bond donors (Lipinski definition) is 1. The number of carbonyl (C=O) groups is 2. The van der Waals surface area contributed by atoms with Crippen LogP contribution >= 0.6 is 0 Å². The summed E-state index contributed by atoms with van der Waals surface area (Å²) >= 11 is 0. The van der Waals surface area contributed by atoms with Crippen molar-refractivity contribution in [2.24, 2.45) is 0 Å². The van der Waals surface area contributed by atoms with Gasteiger partial charge in [0.25, 0.3) is 11.7 Å². The summed E-state index contributed by atoms with van der Waals surface area (Å²) in [7, 11) is 3.01. The van der Waals surface area contributed by atoms with Crippen LogP contribution in [-0.2, 0) is 9.59 Å². The second-order valence-electron chi connectivity index (χ2n) is 6.98. The molecule has 0 spiro atoms. The van der Waals surface area contributed by atoms with Gasteiger partial charge in [-0.1, -0.05) is 36.8 Å². The van der Waals surface area contributed by atoms with Crippen LogP contribution in [0.3, 0.4) is 0 Å². The molecule has 6 heteroatoms. The van der Waals surface area contributed by atoms with E-state index in [1.165, 1.54) is 19.1 Å². The molecule has 1 aliphatic heterocycles. The average Bonchev–Trinajstić information content (AvgIpc) is 2.98. The van der Waals surface area contributed by atoms with E-state index in [9.17, 15) is 14.7 Å². The summed E-state index contributed by atoms with van der Waals surface area (Å²) in [5, 5.41) is 11.1. The van der Waals surface area contributed by atoms with Gasteiger partial charge in [-0.05, 0) is 37.1 Å². The smallest absolute Gasteiger partial charge is 0.295 e. The van der Waals surface area contributed by atoms with Crippen LogP contribution in [0.1, 0.15) is 36.1 Å². The van der Waals surface area contributed by atoms with Crippen LogP contribution in [0.4, 0.5) is 0 Å². The van der Waals surface area contributed by atoms with E-state index in [1.807, 2.05) is 38.1 Å². The third-order valence-electron chi connectivity index (χ3n) is 5.02. The zero-order valence-corrected chi connectivity index (χ0v) is 17.1. The number of benzene rings is 2. The quantitative estimate of drug-likeness (QED) is 0.457. The summed E-state index contributed by atoms with van der Waals surface area (Å²) in [5.41, 5.74) is 2.27. The minimum absolute atomic E-state index is 0.0845. The number of likely N-dealkylation sites (tertiary alicyclic amines) is 1. The fourth-order valence-electron chi connectivity index (χ4n) is 3.68. The highest BCUT2D eigenvalue weighted by atomic mass is 16.5. The van der Waals surface area contributed by atoms with Crippen molar-refractivity contribution in [3.63, 3.8) is 0 Å². The Hall–Kier alpha value is -3.28.